The van der Waals surface area contributed by atoms with Crippen LogP contribution in [0.25, 0.3) is 22.2 Å². The molecular formula is C29H30F5N5O2. The number of fused-ring (bicyclic) bond motifs is 4. The fraction of sp³-hybridized carbons (Fsp3) is 0.552. The van der Waals surface area contributed by atoms with Crippen molar-refractivity contribution in [3.05, 3.63) is 35.8 Å². The molecule has 4 atom stereocenters. The molecule has 1 N–H and O–H groups in total. The summed E-state index contributed by atoms with van der Waals surface area (Å²) in [7, 11) is 0. The summed E-state index contributed by atoms with van der Waals surface area (Å²) in [6.07, 6.45) is 0.905. The van der Waals surface area contributed by atoms with Gasteiger partial charge in [-0.15, -0.1) is 0 Å². The topological polar surface area (TPSA) is 74.6 Å². The van der Waals surface area contributed by atoms with E-state index in [1.165, 1.54) is 6.20 Å². The Kier molecular flexibility index (Phi) is 6.26. The lowest BCUT2D eigenvalue weighted by molar-refractivity contribution is -0.137. The van der Waals surface area contributed by atoms with Crippen molar-refractivity contribution in [2.75, 3.05) is 37.7 Å². The fourth-order valence-electron chi connectivity index (χ4n) is 7.52. The molecule has 1 aliphatic carbocycles. The molecule has 7 rings (SSSR count). The number of nitrogens with zero attached hydrogens (tertiary/aromatic N) is 5. The molecule has 1 saturated carbocycles. The molecule has 0 radical (unpaired) electrons. The third-order valence-corrected chi connectivity index (χ3v) is 9.34. The molecule has 2 unspecified atom stereocenters. The van der Waals surface area contributed by atoms with Crippen LogP contribution in [0.4, 0.5) is 27.8 Å². The van der Waals surface area contributed by atoms with Crippen LogP contribution in [0.1, 0.15) is 44.1 Å². The Morgan fingerprint density at radius 3 is 2.63 bits per heavy atom. The molecule has 12 heteroatoms. The van der Waals surface area contributed by atoms with Gasteiger partial charge in [0.05, 0.1) is 16.5 Å². The highest BCUT2D eigenvalue weighted by atomic mass is 19.4. The maximum atomic E-state index is 16.2. The van der Waals surface area contributed by atoms with Gasteiger partial charge >= 0.3 is 12.2 Å². The lowest BCUT2D eigenvalue weighted by Crippen LogP contribution is -2.43. The Morgan fingerprint density at radius 1 is 1.10 bits per heavy atom. The molecule has 41 heavy (non-hydrogen) atoms. The number of phenolic OH excluding ortho intramolecular Hbond substituents is 1. The van der Waals surface area contributed by atoms with E-state index < -0.39 is 46.3 Å². The zero-order valence-corrected chi connectivity index (χ0v) is 22.3. The van der Waals surface area contributed by atoms with Gasteiger partial charge in [0.15, 0.2) is 5.82 Å². The second-order valence-corrected chi connectivity index (χ2v) is 12.1. The Morgan fingerprint density at radius 2 is 1.88 bits per heavy atom. The third-order valence-electron chi connectivity index (χ3n) is 9.34. The summed E-state index contributed by atoms with van der Waals surface area (Å²) >= 11 is 0. The predicted octanol–water partition coefficient (Wildman–Crippen LogP) is 5.75. The van der Waals surface area contributed by atoms with E-state index in [1.54, 1.807) is 0 Å². The van der Waals surface area contributed by atoms with E-state index in [1.807, 2.05) is 0 Å². The first-order valence-electron chi connectivity index (χ1n) is 14.1. The van der Waals surface area contributed by atoms with E-state index in [-0.39, 0.29) is 23.5 Å². The summed E-state index contributed by atoms with van der Waals surface area (Å²) in [6, 6.07) is 2.35. The highest BCUT2D eigenvalue weighted by Crippen LogP contribution is 2.44. The van der Waals surface area contributed by atoms with E-state index in [0.717, 1.165) is 63.9 Å². The number of anilines is 1. The van der Waals surface area contributed by atoms with Crippen LogP contribution in [-0.4, -0.2) is 69.5 Å². The van der Waals surface area contributed by atoms with Crippen LogP contribution in [0.5, 0.6) is 11.8 Å². The zero-order chi connectivity index (χ0) is 28.5. The number of aromatic nitrogens is 3. The first-order chi connectivity index (χ1) is 19.6. The van der Waals surface area contributed by atoms with Crippen LogP contribution < -0.4 is 9.64 Å². The van der Waals surface area contributed by atoms with E-state index in [9.17, 15) is 22.7 Å². The van der Waals surface area contributed by atoms with Gasteiger partial charge in [-0.3, -0.25) is 9.88 Å². The van der Waals surface area contributed by atoms with Crippen LogP contribution >= 0.6 is 0 Å². The third kappa shape index (κ3) is 4.64. The highest BCUT2D eigenvalue weighted by molar-refractivity contribution is 5.92. The molecule has 4 aliphatic rings. The van der Waals surface area contributed by atoms with Gasteiger partial charge in [0.2, 0.25) is 0 Å². The number of alkyl halides is 4. The average molecular weight is 576 g/mol. The number of aromatic hydroxyl groups is 1. The van der Waals surface area contributed by atoms with E-state index in [0.29, 0.717) is 36.7 Å². The number of rotatable bonds is 5. The number of pyridine rings is 1. The number of piperidine rings is 1. The van der Waals surface area contributed by atoms with Gasteiger partial charge in [0.1, 0.15) is 35.6 Å². The van der Waals surface area contributed by atoms with Gasteiger partial charge in [-0.2, -0.15) is 23.1 Å². The quantitative estimate of drug-likeness (QED) is 0.389. The number of ether oxygens (including phenoxy) is 1. The fourth-order valence-corrected chi connectivity index (χ4v) is 7.52. The Hall–Kier alpha value is -3.28. The summed E-state index contributed by atoms with van der Waals surface area (Å²) < 4.78 is 78.1. The summed E-state index contributed by atoms with van der Waals surface area (Å²) in [6.45, 7) is 2.70. The molecule has 3 aliphatic heterocycles. The van der Waals surface area contributed by atoms with Gasteiger partial charge in [-0.05, 0) is 68.7 Å². The van der Waals surface area contributed by atoms with Crippen molar-refractivity contribution in [2.45, 2.75) is 56.4 Å². The molecule has 0 spiro atoms. The molecule has 7 nitrogen and oxygen atoms in total. The Labute approximate surface area is 233 Å². The minimum Gasteiger partial charge on any atom is -0.508 e. The summed E-state index contributed by atoms with van der Waals surface area (Å²) in [5.74, 6) is -0.117. The standard InChI is InChI=1S/C29H30F5N5O2/c30-18-10-28(6-1-7-39(28)14-18)15-41-27-36-25-21(26(37-27)38-12-16-2-3-17(8-16)13-38)11-35-24(23(25)31)20-9-19(40)4-5-22(20)29(32,33)34/h4-5,9,11,16-18,40H,1-3,6-8,10,12-15H2/t16?,17?,18-,28+/m1/s1. The molecule has 4 fully saturated rings. The van der Waals surface area contributed by atoms with Crippen molar-refractivity contribution in [3.8, 4) is 23.0 Å². The van der Waals surface area contributed by atoms with Crippen molar-refractivity contribution < 1.29 is 31.8 Å². The maximum absolute atomic E-state index is 16.2. The van der Waals surface area contributed by atoms with Crippen molar-refractivity contribution in [2.24, 2.45) is 11.8 Å². The predicted molar refractivity (Wildman–Crippen MR) is 141 cm³/mol. The van der Waals surface area contributed by atoms with Crippen LogP contribution in [-0.2, 0) is 6.18 Å². The number of halogens is 5. The summed E-state index contributed by atoms with van der Waals surface area (Å²) in [5.41, 5.74) is -2.97. The van der Waals surface area contributed by atoms with Gasteiger partial charge in [-0.25, -0.2) is 8.78 Å². The minimum atomic E-state index is -4.80. The Balaban J connectivity index is 1.33. The van der Waals surface area contributed by atoms with E-state index in [2.05, 4.69) is 24.8 Å². The molecule has 0 amide bonds. The lowest BCUT2D eigenvalue weighted by Gasteiger charge is -2.34. The molecule has 2 aromatic heterocycles. The summed E-state index contributed by atoms with van der Waals surface area (Å²) in [4.78, 5) is 17.3. The minimum absolute atomic E-state index is 0.100. The first kappa shape index (κ1) is 26.6. The van der Waals surface area contributed by atoms with Gasteiger partial charge < -0.3 is 14.7 Å². The van der Waals surface area contributed by atoms with Crippen LogP contribution in [0.3, 0.4) is 0 Å². The second-order valence-electron chi connectivity index (χ2n) is 12.1. The molecule has 218 valence electrons. The van der Waals surface area contributed by atoms with Gasteiger partial charge in [0.25, 0.3) is 0 Å². The first-order valence-corrected chi connectivity index (χ1v) is 14.1. The number of hydrogen-bond donors (Lipinski definition) is 1. The van der Waals surface area contributed by atoms with Crippen molar-refractivity contribution in [1.29, 1.82) is 0 Å². The van der Waals surface area contributed by atoms with Crippen LogP contribution in [0, 0.1) is 17.7 Å². The lowest BCUT2D eigenvalue weighted by atomic mass is 9.95. The summed E-state index contributed by atoms with van der Waals surface area (Å²) in [5, 5.41) is 10.2. The molecule has 1 aromatic carbocycles. The van der Waals surface area contributed by atoms with Crippen molar-refractivity contribution in [1.82, 2.24) is 19.9 Å². The largest absolute Gasteiger partial charge is 0.508 e. The highest BCUT2D eigenvalue weighted by Gasteiger charge is 2.49. The zero-order valence-electron chi connectivity index (χ0n) is 22.3. The van der Waals surface area contributed by atoms with Gasteiger partial charge in [0, 0.05) is 37.8 Å². The molecule has 3 aromatic rings. The Bertz CT molecular complexity index is 1490. The van der Waals surface area contributed by atoms with Crippen molar-refractivity contribution >= 4 is 16.7 Å². The van der Waals surface area contributed by atoms with E-state index in [4.69, 9.17) is 4.74 Å². The maximum Gasteiger partial charge on any atom is 0.417 e. The monoisotopic (exact) mass is 575 g/mol. The molecular weight excluding hydrogens is 545 g/mol. The second kappa shape index (κ2) is 9.64. The number of phenols is 1. The normalized spacial score (nSPS) is 28.0. The molecule has 5 heterocycles. The average Bonchev–Trinajstić information content (AvgIpc) is 3.57. The molecule has 3 saturated heterocycles. The van der Waals surface area contributed by atoms with Gasteiger partial charge in [-0.1, -0.05) is 0 Å². The van der Waals surface area contributed by atoms with Crippen molar-refractivity contribution in [3.63, 3.8) is 0 Å². The smallest absolute Gasteiger partial charge is 0.417 e. The van der Waals surface area contributed by atoms with Crippen LogP contribution in [0.15, 0.2) is 24.4 Å². The molecule has 2 bridgehead atoms. The number of hydrogen-bond acceptors (Lipinski definition) is 7. The SMILES string of the molecule is Oc1ccc(C(F)(F)F)c(-c2ncc3c(N4CC5CCC(C5)C4)nc(OC[C@@]45CCCN4C[C@H](F)C5)nc3c2F)c1. The van der Waals surface area contributed by atoms with Crippen LogP contribution in [0.2, 0.25) is 0 Å². The van der Waals surface area contributed by atoms with E-state index >= 15 is 4.39 Å². The number of benzene rings is 1.